The highest BCUT2D eigenvalue weighted by atomic mass is 16.6. The minimum atomic E-state index is 0.706. The van der Waals surface area contributed by atoms with Crippen molar-refractivity contribution in [3.05, 3.63) is 17.5 Å². The van der Waals surface area contributed by atoms with Crippen LogP contribution < -0.4 is 5.48 Å². The van der Waals surface area contributed by atoms with E-state index in [1.165, 1.54) is 5.69 Å². The van der Waals surface area contributed by atoms with Gasteiger partial charge in [-0.2, -0.15) is 10.6 Å². The molecule has 1 aromatic rings. The highest BCUT2D eigenvalue weighted by molar-refractivity contribution is 5.09. The largest absolute Gasteiger partial charge is 0.305 e. The predicted octanol–water partition coefficient (Wildman–Crippen LogP) is 1.12. The summed E-state index contributed by atoms with van der Waals surface area (Å²) in [5.74, 6) is 0. The van der Waals surface area contributed by atoms with Gasteiger partial charge in [-0.25, -0.2) is 0 Å². The van der Waals surface area contributed by atoms with E-state index in [0.29, 0.717) is 6.54 Å². The Labute approximate surface area is 78.8 Å². The monoisotopic (exact) mass is 183 g/mol. The van der Waals surface area contributed by atoms with Crippen LogP contribution in [0.5, 0.6) is 0 Å². The van der Waals surface area contributed by atoms with Gasteiger partial charge < -0.3 is 4.84 Å². The summed E-state index contributed by atoms with van der Waals surface area (Å²) in [6, 6.07) is 2.11. The quantitative estimate of drug-likeness (QED) is 0.695. The van der Waals surface area contributed by atoms with Gasteiger partial charge in [0.05, 0.1) is 25.0 Å². The number of nitrogens with zero attached hydrogens (tertiary/aromatic N) is 2. The van der Waals surface area contributed by atoms with E-state index in [1.807, 2.05) is 4.68 Å². The molecule has 13 heavy (non-hydrogen) atoms. The molecule has 0 aliphatic carbocycles. The number of aromatic nitrogens is 2. The van der Waals surface area contributed by atoms with E-state index < -0.39 is 0 Å². The van der Waals surface area contributed by atoms with Crippen molar-refractivity contribution < 1.29 is 4.84 Å². The van der Waals surface area contributed by atoms with Crippen molar-refractivity contribution in [1.82, 2.24) is 15.3 Å². The summed E-state index contributed by atoms with van der Waals surface area (Å²) in [7, 11) is 1.62. The molecule has 0 aliphatic rings. The second kappa shape index (κ2) is 4.99. The molecule has 1 heterocycles. The van der Waals surface area contributed by atoms with E-state index in [-0.39, 0.29) is 0 Å². The van der Waals surface area contributed by atoms with Crippen LogP contribution in [0.1, 0.15) is 25.2 Å². The second-order valence-corrected chi connectivity index (χ2v) is 2.82. The average molecular weight is 183 g/mol. The zero-order valence-electron chi connectivity index (χ0n) is 8.50. The maximum absolute atomic E-state index is 4.80. The predicted molar refractivity (Wildman–Crippen MR) is 51.1 cm³/mol. The van der Waals surface area contributed by atoms with Gasteiger partial charge in [0.15, 0.2) is 0 Å². The van der Waals surface area contributed by atoms with E-state index in [1.54, 1.807) is 7.11 Å². The smallest absolute Gasteiger partial charge is 0.0630 e. The van der Waals surface area contributed by atoms with Crippen LogP contribution in [0.15, 0.2) is 6.07 Å². The molecule has 0 saturated heterocycles. The van der Waals surface area contributed by atoms with Gasteiger partial charge in [0.1, 0.15) is 0 Å². The van der Waals surface area contributed by atoms with Crippen LogP contribution in [0, 0.1) is 0 Å². The highest BCUT2D eigenvalue weighted by Gasteiger charge is 2.04. The molecule has 74 valence electrons. The first-order valence-corrected chi connectivity index (χ1v) is 4.63. The molecule has 0 radical (unpaired) electrons. The molecule has 0 amide bonds. The number of hydrogen-bond acceptors (Lipinski definition) is 3. The maximum Gasteiger partial charge on any atom is 0.0630 e. The number of aryl methyl sites for hydroxylation is 2. The Morgan fingerprint density at radius 2 is 2.31 bits per heavy atom. The summed E-state index contributed by atoms with van der Waals surface area (Å²) in [4.78, 5) is 4.80. The van der Waals surface area contributed by atoms with Gasteiger partial charge in [-0.05, 0) is 19.4 Å². The summed E-state index contributed by atoms with van der Waals surface area (Å²) in [5.41, 5.74) is 5.12. The van der Waals surface area contributed by atoms with Crippen molar-refractivity contribution in [2.45, 2.75) is 33.4 Å². The topological polar surface area (TPSA) is 39.1 Å². The fourth-order valence-electron chi connectivity index (χ4n) is 1.25. The molecule has 0 bridgehead atoms. The van der Waals surface area contributed by atoms with Crippen LogP contribution in [0.4, 0.5) is 0 Å². The third kappa shape index (κ3) is 2.54. The Morgan fingerprint density at radius 3 is 2.85 bits per heavy atom. The molecule has 4 heteroatoms. The van der Waals surface area contributed by atoms with E-state index in [2.05, 4.69) is 30.5 Å². The Kier molecular flexibility index (Phi) is 3.92. The molecule has 0 aliphatic heterocycles. The van der Waals surface area contributed by atoms with Crippen LogP contribution in [-0.4, -0.2) is 16.9 Å². The molecule has 4 nitrogen and oxygen atoms in total. The van der Waals surface area contributed by atoms with Gasteiger partial charge in [0.2, 0.25) is 0 Å². The minimum absolute atomic E-state index is 0.706. The number of nitrogens with one attached hydrogen (secondary N) is 1. The van der Waals surface area contributed by atoms with E-state index in [4.69, 9.17) is 4.84 Å². The lowest BCUT2D eigenvalue weighted by atomic mass is 10.3. The maximum atomic E-state index is 4.80. The lowest BCUT2D eigenvalue weighted by Crippen LogP contribution is -2.14. The first-order valence-electron chi connectivity index (χ1n) is 4.63. The Balaban J connectivity index is 2.71. The van der Waals surface area contributed by atoms with Crippen molar-refractivity contribution in [2.24, 2.45) is 0 Å². The molecular weight excluding hydrogens is 166 g/mol. The molecule has 1 aromatic heterocycles. The third-order valence-corrected chi connectivity index (χ3v) is 1.97. The summed E-state index contributed by atoms with van der Waals surface area (Å²) in [6.07, 6.45) is 0.979. The summed E-state index contributed by atoms with van der Waals surface area (Å²) >= 11 is 0. The fourth-order valence-corrected chi connectivity index (χ4v) is 1.25. The third-order valence-electron chi connectivity index (χ3n) is 1.97. The van der Waals surface area contributed by atoms with Crippen molar-refractivity contribution in [1.29, 1.82) is 0 Å². The fraction of sp³-hybridized carbons (Fsp3) is 0.667. The van der Waals surface area contributed by atoms with Crippen LogP contribution in [0.25, 0.3) is 0 Å². The lowest BCUT2D eigenvalue weighted by Gasteiger charge is -2.03. The summed E-state index contributed by atoms with van der Waals surface area (Å²) in [5, 5.41) is 4.42. The van der Waals surface area contributed by atoms with Crippen molar-refractivity contribution >= 4 is 0 Å². The average Bonchev–Trinajstić information content (AvgIpc) is 2.57. The minimum Gasteiger partial charge on any atom is -0.305 e. The number of hydrogen-bond donors (Lipinski definition) is 1. The normalized spacial score (nSPS) is 10.7. The van der Waals surface area contributed by atoms with Gasteiger partial charge in [0, 0.05) is 6.54 Å². The molecule has 0 spiro atoms. The Bertz CT molecular complexity index is 257. The van der Waals surface area contributed by atoms with Crippen LogP contribution in [0.3, 0.4) is 0 Å². The van der Waals surface area contributed by atoms with Gasteiger partial charge >= 0.3 is 0 Å². The standard InChI is InChI=1S/C9H17N3O/c1-4-8-6-9(7-10-13-3)12(5-2)11-8/h6,10H,4-5,7H2,1-3H3. The SMILES string of the molecule is CCc1cc(CNOC)n(CC)n1. The molecule has 1 rings (SSSR count). The summed E-state index contributed by atoms with van der Waals surface area (Å²) in [6.45, 7) is 5.80. The van der Waals surface area contributed by atoms with Gasteiger partial charge in [-0.3, -0.25) is 4.68 Å². The van der Waals surface area contributed by atoms with E-state index >= 15 is 0 Å². The van der Waals surface area contributed by atoms with Gasteiger partial charge in [-0.15, -0.1) is 0 Å². The van der Waals surface area contributed by atoms with Crippen molar-refractivity contribution in [2.75, 3.05) is 7.11 Å². The van der Waals surface area contributed by atoms with Crippen LogP contribution >= 0.6 is 0 Å². The molecule has 0 saturated carbocycles. The molecule has 0 atom stereocenters. The first kappa shape index (κ1) is 10.2. The van der Waals surface area contributed by atoms with Crippen LogP contribution in [-0.2, 0) is 24.3 Å². The second-order valence-electron chi connectivity index (χ2n) is 2.82. The van der Waals surface area contributed by atoms with Crippen molar-refractivity contribution in [3.63, 3.8) is 0 Å². The first-order chi connectivity index (χ1) is 6.31. The molecular formula is C9H17N3O. The molecule has 0 unspecified atom stereocenters. The lowest BCUT2D eigenvalue weighted by molar-refractivity contribution is 0.0848. The Hall–Kier alpha value is -0.870. The van der Waals surface area contributed by atoms with Gasteiger partial charge in [0.25, 0.3) is 0 Å². The number of hydroxylamine groups is 1. The summed E-state index contributed by atoms with van der Waals surface area (Å²) < 4.78 is 1.99. The molecule has 0 fully saturated rings. The molecule has 0 aromatic carbocycles. The zero-order valence-corrected chi connectivity index (χ0v) is 8.50. The highest BCUT2D eigenvalue weighted by Crippen LogP contribution is 2.04. The van der Waals surface area contributed by atoms with Crippen LogP contribution in [0.2, 0.25) is 0 Å². The zero-order chi connectivity index (χ0) is 9.68. The van der Waals surface area contributed by atoms with E-state index in [0.717, 1.165) is 18.7 Å². The molecule has 1 N–H and O–H groups in total. The number of rotatable bonds is 5. The van der Waals surface area contributed by atoms with Crippen molar-refractivity contribution in [3.8, 4) is 0 Å². The van der Waals surface area contributed by atoms with E-state index in [9.17, 15) is 0 Å². The Morgan fingerprint density at radius 1 is 1.54 bits per heavy atom. The van der Waals surface area contributed by atoms with Gasteiger partial charge in [-0.1, -0.05) is 6.92 Å².